The van der Waals surface area contributed by atoms with Crippen LogP contribution in [0.4, 0.5) is 0 Å². The van der Waals surface area contributed by atoms with Gasteiger partial charge in [-0.3, -0.25) is 0 Å². The van der Waals surface area contributed by atoms with E-state index in [-0.39, 0.29) is 6.04 Å². The van der Waals surface area contributed by atoms with Gasteiger partial charge in [0, 0.05) is 42.4 Å². The first-order chi connectivity index (χ1) is 24.2. The van der Waals surface area contributed by atoms with Crippen molar-refractivity contribution < 1.29 is 0 Å². The van der Waals surface area contributed by atoms with Crippen LogP contribution in [0, 0.1) is 0 Å². The van der Waals surface area contributed by atoms with Crippen molar-refractivity contribution in [3.63, 3.8) is 0 Å². The van der Waals surface area contributed by atoms with Gasteiger partial charge in [0.1, 0.15) is 5.84 Å². The van der Waals surface area contributed by atoms with Crippen LogP contribution >= 0.6 is 11.3 Å². The van der Waals surface area contributed by atoms with Gasteiger partial charge in [0.2, 0.25) is 0 Å². The van der Waals surface area contributed by atoms with Crippen molar-refractivity contribution in [3.05, 3.63) is 180 Å². The van der Waals surface area contributed by atoms with Gasteiger partial charge in [-0.2, -0.15) is 0 Å². The molecular formula is C43H29N5S. The summed E-state index contributed by atoms with van der Waals surface area (Å²) in [5.41, 5.74) is 7.18. The van der Waals surface area contributed by atoms with Gasteiger partial charge in [-0.25, -0.2) is 19.9 Å². The Morgan fingerprint density at radius 3 is 1.63 bits per heavy atom. The minimum absolute atomic E-state index is 0.00305. The predicted molar refractivity (Wildman–Crippen MR) is 202 cm³/mol. The second-order valence-corrected chi connectivity index (χ2v) is 13.1. The number of thiophene rings is 1. The molecule has 5 nitrogen and oxygen atoms in total. The minimum Gasteiger partial charge on any atom is -0.359 e. The van der Waals surface area contributed by atoms with Gasteiger partial charge < -0.3 is 5.32 Å². The van der Waals surface area contributed by atoms with E-state index in [0.717, 1.165) is 39.3 Å². The van der Waals surface area contributed by atoms with Gasteiger partial charge in [-0.1, -0.05) is 133 Å². The zero-order chi connectivity index (χ0) is 32.6. The Morgan fingerprint density at radius 2 is 1.00 bits per heavy atom. The van der Waals surface area contributed by atoms with E-state index in [0.29, 0.717) is 17.5 Å². The largest absolute Gasteiger partial charge is 0.359 e. The normalized spacial score (nSPS) is 14.3. The molecule has 0 radical (unpaired) electrons. The summed E-state index contributed by atoms with van der Waals surface area (Å²) in [5, 5.41) is 6.11. The molecule has 1 aliphatic rings. The molecule has 6 aromatic carbocycles. The molecule has 0 saturated heterocycles. The summed E-state index contributed by atoms with van der Waals surface area (Å²) in [7, 11) is 0. The average molecular weight is 648 g/mol. The maximum Gasteiger partial charge on any atom is 0.164 e. The highest BCUT2D eigenvalue weighted by Gasteiger charge is 2.21. The van der Waals surface area contributed by atoms with Gasteiger partial charge in [0.15, 0.2) is 17.5 Å². The monoisotopic (exact) mass is 647 g/mol. The molecule has 2 aromatic heterocycles. The smallest absolute Gasteiger partial charge is 0.164 e. The lowest BCUT2D eigenvalue weighted by atomic mass is 10.00. The maximum atomic E-state index is 5.14. The first-order valence-corrected chi connectivity index (χ1v) is 17.1. The summed E-state index contributed by atoms with van der Waals surface area (Å²) < 4.78 is 2.40. The lowest BCUT2D eigenvalue weighted by molar-refractivity contribution is 0.781. The number of aromatic nitrogens is 3. The second-order valence-electron chi connectivity index (χ2n) is 12.0. The molecule has 9 rings (SSSR count). The van der Waals surface area contributed by atoms with Crippen molar-refractivity contribution in [2.45, 2.75) is 6.04 Å². The molecule has 3 heterocycles. The van der Waals surface area contributed by atoms with E-state index in [1.54, 1.807) is 11.3 Å². The van der Waals surface area contributed by atoms with Crippen molar-refractivity contribution in [3.8, 4) is 34.2 Å². The molecule has 0 aliphatic carbocycles. The molecule has 1 aliphatic heterocycles. The summed E-state index contributed by atoms with van der Waals surface area (Å²) in [4.78, 5) is 19.9. The van der Waals surface area contributed by atoms with Crippen molar-refractivity contribution in [2.75, 3.05) is 0 Å². The summed E-state index contributed by atoms with van der Waals surface area (Å²) in [6.45, 7) is 0. The molecule has 6 heteroatoms. The van der Waals surface area contributed by atoms with Gasteiger partial charge in [-0.15, -0.1) is 11.3 Å². The Labute approximate surface area is 288 Å². The Morgan fingerprint density at radius 1 is 0.449 bits per heavy atom. The molecule has 49 heavy (non-hydrogen) atoms. The molecule has 0 spiro atoms. The van der Waals surface area contributed by atoms with Crippen LogP contribution in [0.2, 0.25) is 0 Å². The van der Waals surface area contributed by atoms with Gasteiger partial charge in [0.25, 0.3) is 0 Å². The van der Waals surface area contributed by atoms with Crippen LogP contribution < -0.4 is 5.32 Å². The fourth-order valence-corrected chi connectivity index (χ4v) is 7.42. The minimum atomic E-state index is 0.00305. The number of aliphatic imine (C=N–C) groups is 1. The Kier molecular flexibility index (Phi) is 7.33. The van der Waals surface area contributed by atoms with E-state index in [4.69, 9.17) is 19.9 Å². The third-order valence-corrected chi connectivity index (χ3v) is 9.91. The number of rotatable bonds is 6. The molecule has 0 bridgehead atoms. The molecule has 232 valence electrons. The molecule has 1 atom stereocenters. The molecule has 1 N–H and O–H groups in total. The summed E-state index contributed by atoms with van der Waals surface area (Å²) in [5.74, 6) is 2.83. The highest BCUT2D eigenvalue weighted by Crippen LogP contribution is 2.38. The van der Waals surface area contributed by atoms with Gasteiger partial charge in [-0.05, 0) is 41.5 Å². The van der Waals surface area contributed by atoms with Crippen LogP contribution in [0.1, 0.15) is 22.7 Å². The number of amidine groups is 1. The van der Waals surface area contributed by atoms with E-state index in [9.17, 15) is 0 Å². The van der Waals surface area contributed by atoms with E-state index in [1.807, 2.05) is 66.7 Å². The van der Waals surface area contributed by atoms with Crippen molar-refractivity contribution in [1.29, 1.82) is 0 Å². The molecule has 1 unspecified atom stereocenters. The van der Waals surface area contributed by atoms with Crippen molar-refractivity contribution >= 4 is 43.0 Å². The topological polar surface area (TPSA) is 63.1 Å². The van der Waals surface area contributed by atoms with Crippen LogP contribution in [-0.2, 0) is 0 Å². The summed E-state index contributed by atoms with van der Waals surface area (Å²) in [6, 6.07) is 54.3. The Balaban J connectivity index is 1.12. The molecular weight excluding hydrogens is 619 g/mol. The summed E-state index contributed by atoms with van der Waals surface area (Å²) in [6.07, 6.45) is 2.21. The standard InChI is InChI=1S/C43H29N5S/c1-5-13-28(14-6-1)36-27-37(29-15-7-2-8-16-29)45-42(44-36)32-22-24-38-35(25-32)34-23-21-33(26-39(34)49-38)43-47-40(30-17-9-3-10-18-30)46-41(48-43)31-19-11-4-12-20-31/h1-27,36H,(H,44,45). The number of hydrogen-bond acceptors (Lipinski definition) is 6. The van der Waals surface area contributed by atoms with Crippen LogP contribution in [0.25, 0.3) is 60.0 Å². The Hall–Kier alpha value is -6.24. The predicted octanol–water partition coefficient (Wildman–Crippen LogP) is 10.4. The first kappa shape index (κ1) is 28.9. The highest BCUT2D eigenvalue weighted by atomic mass is 32.1. The number of fused-ring (bicyclic) bond motifs is 3. The summed E-state index contributed by atoms with van der Waals surface area (Å²) >= 11 is 1.78. The van der Waals surface area contributed by atoms with Crippen molar-refractivity contribution in [2.24, 2.45) is 4.99 Å². The fourth-order valence-electron chi connectivity index (χ4n) is 6.30. The average Bonchev–Trinajstić information content (AvgIpc) is 3.56. The second kappa shape index (κ2) is 12.4. The SMILES string of the molecule is C1=C(c2ccccc2)N=C(c2ccc3sc4cc(-c5nc(-c6ccccc6)nc(-c6ccccc6)n5)ccc4c3c2)NC1c1ccccc1. The number of nitrogens with one attached hydrogen (secondary N) is 1. The van der Waals surface area contributed by atoms with Crippen LogP contribution in [0.3, 0.4) is 0 Å². The van der Waals surface area contributed by atoms with E-state index in [1.165, 1.54) is 25.7 Å². The van der Waals surface area contributed by atoms with Crippen LogP contribution in [-0.4, -0.2) is 20.8 Å². The number of benzene rings is 6. The number of nitrogens with zero attached hydrogens (tertiary/aromatic N) is 4. The highest BCUT2D eigenvalue weighted by molar-refractivity contribution is 7.25. The first-order valence-electron chi connectivity index (χ1n) is 16.3. The van der Waals surface area contributed by atoms with Crippen LogP contribution in [0.5, 0.6) is 0 Å². The van der Waals surface area contributed by atoms with E-state index < -0.39 is 0 Å². The quantitative estimate of drug-likeness (QED) is 0.195. The molecule has 0 saturated carbocycles. The number of hydrogen-bond donors (Lipinski definition) is 1. The fraction of sp³-hybridized carbons (Fsp3) is 0.0233. The van der Waals surface area contributed by atoms with Gasteiger partial charge >= 0.3 is 0 Å². The third kappa shape index (κ3) is 5.69. The molecule has 0 amide bonds. The zero-order valence-corrected chi connectivity index (χ0v) is 27.2. The lowest BCUT2D eigenvalue weighted by Crippen LogP contribution is -2.31. The Bertz CT molecular complexity index is 2450. The zero-order valence-electron chi connectivity index (χ0n) is 26.4. The van der Waals surface area contributed by atoms with Gasteiger partial charge in [0.05, 0.1) is 11.7 Å². The van der Waals surface area contributed by atoms with Crippen molar-refractivity contribution in [1.82, 2.24) is 20.3 Å². The molecule has 0 fully saturated rings. The third-order valence-electron chi connectivity index (χ3n) is 8.78. The van der Waals surface area contributed by atoms with E-state index >= 15 is 0 Å². The lowest BCUT2D eigenvalue weighted by Gasteiger charge is -2.24. The maximum absolute atomic E-state index is 5.14. The molecule has 8 aromatic rings. The van der Waals surface area contributed by atoms with E-state index in [2.05, 4.69) is 102 Å². The van der Waals surface area contributed by atoms with Crippen LogP contribution in [0.15, 0.2) is 169 Å².